The fraction of sp³-hybridized carbons (Fsp3) is 0.571. The van der Waals surface area contributed by atoms with Crippen LogP contribution in [0, 0.1) is 0 Å². The smallest absolute Gasteiger partial charge is 0.123 e. The van der Waals surface area contributed by atoms with Crippen LogP contribution in [0.2, 0.25) is 0 Å². The van der Waals surface area contributed by atoms with Crippen LogP contribution in [-0.4, -0.2) is 16.1 Å². The highest BCUT2D eigenvalue weighted by Crippen LogP contribution is 2.21. The van der Waals surface area contributed by atoms with E-state index in [1.165, 1.54) is 38.5 Å². The number of thiocarbonyl (C=S) groups is 1. The summed E-state index contributed by atoms with van der Waals surface area (Å²) in [6.07, 6.45) is 9.66. The van der Waals surface area contributed by atoms with E-state index in [0.29, 0.717) is 23.4 Å². The van der Waals surface area contributed by atoms with Gasteiger partial charge in [-0.1, -0.05) is 44.0 Å². The summed E-state index contributed by atoms with van der Waals surface area (Å²) in [6.45, 7) is 0.561. The summed E-state index contributed by atoms with van der Waals surface area (Å²) in [5.41, 5.74) is 7.35. The van der Waals surface area contributed by atoms with Gasteiger partial charge in [-0.05, 0) is 18.9 Å². The summed E-state index contributed by atoms with van der Waals surface area (Å²) in [4.78, 5) is 4.56. The third-order valence-electron chi connectivity index (χ3n) is 3.40. The molecule has 0 aromatic carbocycles. The van der Waals surface area contributed by atoms with Gasteiger partial charge in [0.15, 0.2) is 0 Å². The standard InChI is InChI=1S/C14H20N2OS/c15-14(18)13-11(6-5-9-16-13)10-17-12-7-3-1-2-4-8-12/h5-6,9,12H,1-4,7-8,10H2,(H2,15,18). The first-order valence-corrected chi connectivity index (χ1v) is 7.03. The molecule has 0 atom stereocenters. The maximum Gasteiger partial charge on any atom is 0.123 e. The number of hydrogen-bond donors (Lipinski definition) is 1. The number of nitrogens with two attached hydrogens (primary N) is 1. The van der Waals surface area contributed by atoms with Crippen molar-refractivity contribution in [2.24, 2.45) is 5.73 Å². The minimum Gasteiger partial charge on any atom is -0.388 e. The molecule has 0 saturated heterocycles. The van der Waals surface area contributed by atoms with Crippen molar-refractivity contribution < 1.29 is 4.74 Å². The Balaban J connectivity index is 1.94. The number of pyridine rings is 1. The molecule has 98 valence electrons. The Hall–Kier alpha value is -1.00. The lowest BCUT2D eigenvalue weighted by atomic mass is 10.1. The van der Waals surface area contributed by atoms with Crippen LogP contribution in [-0.2, 0) is 11.3 Å². The van der Waals surface area contributed by atoms with E-state index < -0.39 is 0 Å². The van der Waals surface area contributed by atoms with Gasteiger partial charge in [0.05, 0.1) is 12.7 Å². The molecule has 18 heavy (non-hydrogen) atoms. The normalized spacial score (nSPS) is 17.3. The lowest BCUT2D eigenvalue weighted by molar-refractivity contribution is 0.0308. The van der Waals surface area contributed by atoms with Crippen molar-refractivity contribution in [2.75, 3.05) is 0 Å². The van der Waals surface area contributed by atoms with Crippen molar-refractivity contribution >= 4 is 17.2 Å². The molecule has 0 aliphatic heterocycles. The molecule has 0 amide bonds. The van der Waals surface area contributed by atoms with Gasteiger partial charge >= 0.3 is 0 Å². The van der Waals surface area contributed by atoms with Gasteiger partial charge in [-0.2, -0.15) is 0 Å². The summed E-state index contributed by atoms with van der Waals surface area (Å²) in [7, 11) is 0. The maximum atomic E-state index is 5.98. The summed E-state index contributed by atoms with van der Waals surface area (Å²) in [6, 6.07) is 3.88. The maximum absolute atomic E-state index is 5.98. The van der Waals surface area contributed by atoms with Gasteiger partial charge in [-0.15, -0.1) is 0 Å². The zero-order chi connectivity index (χ0) is 12.8. The third-order valence-corrected chi connectivity index (χ3v) is 3.59. The Bertz CT molecular complexity index is 401. The van der Waals surface area contributed by atoms with Crippen molar-refractivity contribution in [1.82, 2.24) is 4.98 Å². The Labute approximate surface area is 114 Å². The Morgan fingerprint density at radius 2 is 2.06 bits per heavy atom. The van der Waals surface area contributed by atoms with Crippen LogP contribution >= 0.6 is 12.2 Å². The van der Waals surface area contributed by atoms with E-state index in [9.17, 15) is 0 Å². The van der Waals surface area contributed by atoms with Crippen LogP contribution in [0.3, 0.4) is 0 Å². The summed E-state index contributed by atoms with van der Waals surface area (Å²) in [5, 5.41) is 0. The van der Waals surface area contributed by atoms with Crippen molar-refractivity contribution in [3.05, 3.63) is 29.6 Å². The number of hydrogen-bond acceptors (Lipinski definition) is 3. The molecule has 1 aliphatic carbocycles. The van der Waals surface area contributed by atoms with Crippen molar-refractivity contribution in [3.8, 4) is 0 Å². The highest BCUT2D eigenvalue weighted by molar-refractivity contribution is 7.80. The highest BCUT2D eigenvalue weighted by atomic mass is 32.1. The van der Waals surface area contributed by atoms with Crippen LogP contribution in [0.4, 0.5) is 0 Å². The van der Waals surface area contributed by atoms with Crippen LogP contribution in [0.5, 0.6) is 0 Å². The Morgan fingerprint density at radius 1 is 1.33 bits per heavy atom. The van der Waals surface area contributed by atoms with Crippen LogP contribution in [0.15, 0.2) is 18.3 Å². The van der Waals surface area contributed by atoms with Crippen molar-refractivity contribution in [2.45, 2.75) is 51.2 Å². The van der Waals surface area contributed by atoms with E-state index in [-0.39, 0.29) is 0 Å². The lowest BCUT2D eigenvalue weighted by Crippen LogP contribution is -2.17. The largest absolute Gasteiger partial charge is 0.388 e. The molecule has 1 aromatic heterocycles. The number of nitrogens with zero attached hydrogens (tertiary/aromatic N) is 1. The highest BCUT2D eigenvalue weighted by Gasteiger charge is 2.14. The van der Waals surface area contributed by atoms with E-state index in [0.717, 1.165) is 5.56 Å². The van der Waals surface area contributed by atoms with Gasteiger partial charge in [0.1, 0.15) is 10.7 Å². The molecular weight excluding hydrogens is 244 g/mol. The van der Waals surface area contributed by atoms with Crippen LogP contribution in [0.1, 0.15) is 49.8 Å². The predicted octanol–water partition coefficient (Wildman–Crippen LogP) is 2.96. The van der Waals surface area contributed by atoms with Gasteiger partial charge in [0.25, 0.3) is 0 Å². The molecule has 0 unspecified atom stereocenters. The minimum absolute atomic E-state index is 0.343. The molecule has 1 fully saturated rings. The quantitative estimate of drug-likeness (QED) is 0.671. The zero-order valence-electron chi connectivity index (χ0n) is 10.6. The van der Waals surface area contributed by atoms with Gasteiger partial charge in [-0.3, -0.25) is 4.98 Å². The number of rotatable bonds is 4. The number of aromatic nitrogens is 1. The van der Waals surface area contributed by atoms with E-state index in [1.54, 1.807) is 6.20 Å². The third kappa shape index (κ3) is 3.75. The second-order valence-electron chi connectivity index (χ2n) is 4.80. The van der Waals surface area contributed by atoms with E-state index in [2.05, 4.69) is 4.98 Å². The molecule has 3 nitrogen and oxygen atoms in total. The molecule has 4 heteroatoms. The van der Waals surface area contributed by atoms with Gasteiger partial charge in [0, 0.05) is 11.8 Å². The molecule has 1 aliphatic rings. The van der Waals surface area contributed by atoms with Crippen LogP contribution < -0.4 is 5.73 Å². The second kappa shape index (κ2) is 6.81. The molecule has 0 spiro atoms. The van der Waals surface area contributed by atoms with Gasteiger partial charge in [0.2, 0.25) is 0 Å². The molecular formula is C14H20N2OS. The second-order valence-corrected chi connectivity index (χ2v) is 5.24. The van der Waals surface area contributed by atoms with E-state index in [1.807, 2.05) is 12.1 Å². The predicted molar refractivity (Wildman–Crippen MR) is 76.4 cm³/mol. The lowest BCUT2D eigenvalue weighted by Gasteiger charge is -2.16. The Morgan fingerprint density at radius 3 is 2.72 bits per heavy atom. The average molecular weight is 264 g/mol. The molecule has 1 saturated carbocycles. The first-order chi connectivity index (χ1) is 8.77. The molecule has 1 aromatic rings. The minimum atomic E-state index is 0.343. The van der Waals surface area contributed by atoms with Gasteiger partial charge in [-0.25, -0.2) is 0 Å². The summed E-state index contributed by atoms with van der Waals surface area (Å²) in [5.74, 6) is 0. The fourth-order valence-corrected chi connectivity index (χ4v) is 2.58. The van der Waals surface area contributed by atoms with Gasteiger partial charge < -0.3 is 10.5 Å². The summed E-state index contributed by atoms with van der Waals surface area (Å²) < 4.78 is 5.98. The monoisotopic (exact) mass is 264 g/mol. The molecule has 2 rings (SSSR count). The van der Waals surface area contributed by atoms with Crippen molar-refractivity contribution in [1.29, 1.82) is 0 Å². The van der Waals surface area contributed by atoms with E-state index >= 15 is 0 Å². The van der Waals surface area contributed by atoms with Crippen LogP contribution in [0.25, 0.3) is 0 Å². The average Bonchev–Trinajstić information content (AvgIpc) is 2.65. The molecule has 1 heterocycles. The first kappa shape index (κ1) is 13.4. The molecule has 0 bridgehead atoms. The SMILES string of the molecule is NC(=S)c1ncccc1COC1CCCCCC1. The topological polar surface area (TPSA) is 48.1 Å². The first-order valence-electron chi connectivity index (χ1n) is 6.62. The van der Waals surface area contributed by atoms with E-state index in [4.69, 9.17) is 22.7 Å². The van der Waals surface area contributed by atoms with Crippen molar-refractivity contribution in [3.63, 3.8) is 0 Å². The summed E-state index contributed by atoms with van der Waals surface area (Å²) >= 11 is 5.00. The molecule has 2 N–H and O–H groups in total. The molecule has 0 radical (unpaired) electrons. The zero-order valence-corrected chi connectivity index (χ0v) is 11.4. The Kier molecular flexibility index (Phi) is 5.08. The fourth-order valence-electron chi connectivity index (χ4n) is 2.39. The number of ether oxygens (including phenoxy) is 1.